The number of halogens is 2. The number of carboxylic acids is 1. The monoisotopic (exact) mass is 266 g/mol. The van der Waals surface area contributed by atoms with Gasteiger partial charge in [0.15, 0.2) is 0 Å². The first-order valence-corrected chi connectivity index (χ1v) is 5.78. The predicted octanol–water partition coefficient (Wildman–Crippen LogP) is 2.94. The van der Waals surface area contributed by atoms with Crippen LogP contribution in [0.4, 0.5) is 8.78 Å². The van der Waals surface area contributed by atoms with Crippen LogP contribution < -0.4 is 0 Å². The molecule has 0 fully saturated rings. The third-order valence-corrected chi connectivity index (χ3v) is 2.58. The first-order chi connectivity index (χ1) is 9.01. The van der Waals surface area contributed by atoms with Crippen LogP contribution in [0, 0.1) is 11.6 Å². The minimum Gasteiger partial charge on any atom is -0.478 e. The number of hydrogen-bond acceptors (Lipinski definition) is 2. The van der Waals surface area contributed by atoms with Crippen LogP contribution in [0.1, 0.15) is 23.7 Å². The summed E-state index contributed by atoms with van der Waals surface area (Å²) in [5.41, 5.74) is 0.113. The lowest BCUT2D eigenvalue weighted by atomic mass is 10.1. The molecule has 1 aromatic carbocycles. The van der Waals surface area contributed by atoms with Crippen molar-refractivity contribution < 1.29 is 18.7 Å². The predicted molar refractivity (Wildman–Crippen MR) is 64.8 cm³/mol. The zero-order chi connectivity index (χ0) is 14.0. The number of aromatic carboxylic acids is 1. The van der Waals surface area contributed by atoms with Gasteiger partial charge in [-0.2, -0.15) is 5.10 Å². The van der Waals surface area contributed by atoms with Crippen molar-refractivity contribution >= 4 is 5.97 Å². The highest BCUT2D eigenvalue weighted by Crippen LogP contribution is 2.24. The van der Waals surface area contributed by atoms with Crippen molar-refractivity contribution in [2.24, 2.45) is 0 Å². The average molecular weight is 266 g/mol. The molecule has 19 heavy (non-hydrogen) atoms. The van der Waals surface area contributed by atoms with E-state index < -0.39 is 17.6 Å². The van der Waals surface area contributed by atoms with Gasteiger partial charge in [-0.15, -0.1) is 0 Å². The van der Waals surface area contributed by atoms with Crippen LogP contribution >= 0.6 is 0 Å². The van der Waals surface area contributed by atoms with Crippen molar-refractivity contribution in [2.45, 2.75) is 19.9 Å². The second-order valence-corrected chi connectivity index (χ2v) is 4.12. The highest BCUT2D eigenvalue weighted by molar-refractivity contribution is 5.94. The Morgan fingerprint density at radius 2 is 1.95 bits per heavy atom. The maximum Gasteiger partial charge on any atom is 0.339 e. The highest BCUT2D eigenvalue weighted by atomic mass is 19.1. The summed E-state index contributed by atoms with van der Waals surface area (Å²) in [6.07, 6.45) is 2.14. The van der Waals surface area contributed by atoms with Gasteiger partial charge >= 0.3 is 5.97 Å². The van der Waals surface area contributed by atoms with Crippen LogP contribution in [-0.2, 0) is 6.54 Å². The van der Waals surface area contributed by atoms with Crippen LogP contribution in [0.25, 0.3) is 11.3 Å². The summed E-state index contributed by atoms with van der Waals surface area (Å²) < 4.78 is 27.8. The molecule has 0 aliphatic heterocycles. The minimum atomic E-state index is -1.18. The van der Waals surface area contributed by atoms with Crippen LogP contribution in [0.3, 0.4) is 0 Å². The SMILES string of the molecule is CCCn1cc(C(=O)O)c(-c2cc(F)cc(F)c2)n1. The molecular formula is C13H12F2N2O2. The lowest BCUT2D eigenvalue weighted by Gasteiger charge is -2.00. The number of aryl methyl sites for hydroxylation is 1. The molecule has 0 spiro atoms. The van der Waals surface area contributed by atoms with Gasteiger partial charge in [0.25, 0.3) is 0 Å². The second kappa shape index (κ2) is 5.17. The molecule has 2 aromatic rings. The molecule has 0 radical (unpaired) electrons. The number of rotatable bonds is 4. The summed E-state index contributed by atoms with van der Waals surface area (Å²) in [4.78, 5) is 11.1. The summed E-state index contributed by atoms with van der Waals surface area (Å²) in [6.45, 7) is 2.46. The number of nitrogens with zero attached hydrogens (tertiary/aromatic N) is 2. The number of carbonyl (C=O) groups is 1. The van der Waals surface area contributed by atoms with E-state index in [1.165, 1.54) is 10.9 Å². The van der Waals surface area contributed by atoms with Gasteiger partial charge in [-0.1, -0.05) is 6.92 Å². The Balaban J connectivity index is 2.56. The molecule has 0 bridgehead atoms. The Hall–Kier alpha value is -2.24. The maximum atomic E-state index is 13.2. The average Bonchev–Trinajstić information content (AvgIpc) is 2.72. The third-order valence-electron chi connectivity index (χ3n) is 2.58. The highest BCUT2D eigenvalue weighted by Gasteiger charge is 2.18. The Kier molecular flexibility index (Phi) is 3.59. The number of hydrogen-bond donors (Lipinski definition) is 1. The lowest BCUT2D eigenvalue weighted by Crippen LogP contribution is -1.97. The van der Waals surface area contributed by atoms with Crippen molar-refractivity contribution in [2.75, 3.05) is 0 Å². The fourth-order valence-electron chi connectivity index (χ4n) is 1.83. The summed E-state index contributed by atoms with van der Waals surface area (Å²) in [7, 11) is 0. The number of benzene rings is 1. The van der Waals surface area contributed by atoms with Crippen molar-refractivity contribution in [1.82, 2.24) is 9.78 Å². The summed E-state index contributed by atoms with van der Waals surface area (Å²) in [5, 5.41) is 13.2. The molecule has 0 unspecified atom stereocenters. The fourth-order valence-corrected chi connectivity index (χ4v) is 1.83. The van der Waals surface area contributed by atoms with E-state index in [9.17, 15) is 13.6 Å². The van der Waals surface area contributed by atoms with Crippen LogP contribution in [-0.4, -0.2) is 20.9 Å². The first kappa shape index (κ1) is 13.2. The molecular weight excluding hydrogens is 254 g/mol. The standard InChI is InChI=1S/C13H12F2N2O2/c1-2-3-17-7-11(13(18)19)12(16-17)8-4-9(14)6-10(15)5-8/h4-7H,2-3H2,1H3,(H,18,19). The molecule has 0 amide bonds. The normalized spacial score (nSPS) is 10.7. The molecule has 6 heteroatoms. The Morgan fingerprint density at radius 3 is 2.47 bits per heavy atom. The van der Waals surface area contributed by atoms with Gasteiger partial charge in [-0.05, 0) is 18.6 Å². The van der Waals surface area contributed by atoms with E-state index in [1.807, 2.05) is 6.92 Å². The maximum absolute atomic E-state index is 13.2. The van der Waals surface area contributed by atoms with Crippen LogP contribution in [0.2, 0.25) is 0 Å². The molecule has 0 aliphatic rings. The van der Waals surface area contributed by atoms with E-state index in [-0.39, 0.29) is 16.8 Å². The van der Waals surface area contributed by atoms with Gasteiger partial charge < -0.3 is 5.11 Å². The molecule has 1 heterocycles. The first-order valence-electron chi connectivity index (χ1n) is 5.78. The minimum absolute atomic E-state index is 0.0688. The van der Waals surface area contributed by atoms with Gasteiger partial charge in [-0.25, -0.2) is 13.6 Å². The Bertz CT molecular complexity index is 603. The van der Waals surface area contributed by atoms with Crippen molar-refractivity contribution in [3.8, 4) is 11.3 Å². The topological polar surface area (TPSA) is 55.1 Å². The molecule has 100 valence electrons. The largest absolute Gasteiger partial charge is 0.478 e. The van der Waals surface area contributed by atoms with Crippen LogP contribution in [0.15, 0.2) is 24.4 Å². The Labute approximate surface area is 108 Å². The molecule has 0 saturated heterocycles. The summed E-state index contributed by atoms with van der Waals surface area (Å²) in [5.74, 6) is -2.71. The number of carboxylic acid groups (broad SMARTS) is 1. The van der Waals surface area contributed by atoms with E-state index >= 15 is 0 Å². The fraction of sp³-hybridized carbons (Fsp3) is 0.231. The van der Waals surface area contributed by atoms with E-state index in [4.69, 9.17) is 5.11 Å². The Morgan fingerprint density at radius 1 is 1.32 bits per heavy atom. The van der Waals surface area contributed by atoms with Gasteiger partial charge in [0.1, 0.15) is 22.9 Å². The van der Waals surface area contributed by atoms with E-state index in [1.54, 1.807) is 0 Å². The number of aromatic nitrogens is 2. The quantitative estimate of drug-likeness (QED) is 0.925. The van der Waals surface area contributed by atoms with Gasteiger partial charge in [0, 0.05) is 24.4 Å². The summed E-state index contributed by atoms with van der Waals surface area (Å²) in [6, 6.07) is 2.86. The molecule has 1 aromatic heterocycles. The third kappa shape index (κ3) is 2.78. The van der Waals surface area contributed by atoms with Gasteiger partial charge in [0.2, 0.25) is 0 Å². The lowest BCUT2D eigenvalue weighted by molar-refractivity contribution is 0.0697. The van der Waals surface area contributed by atoms with Gasteiger partial charge in [0.05, 0.1) is 0 Å². The molecule has 0 aliphatic carbocycles. The second-order valence-electron chi connectivity index (χ2n) is 4.12. The van der Waals surface area contributed by atoms with Gasteiger partial charge in [-0.3, -0.25) is 4.68 Å². The molecule has 0 atom stereocenters. The van der Waals surface area contributed by atoms with E-state index in [0.29, 0.717) is 6.54 Å². The van der Waals surface area contributed by atoms with Crippen LogP contribution in [0.5, 0.6) is 0 Å². The summed E-state index contributed by atoms with van der Waals surface area (Å²) >= 11 is 0. The molecule has 1 N–H and O–H groups in total. The zero-order valence-electron chi connectivity index (χ0n) is 10.2. The van der Waals surface area contributed by atoms with Crippen molar-refractivity contribution in [3.05, 3.63) is 41.6 Å². The van der Waals surface area contributed by atoms with E-state index in [2.05, 4.69) is 5.10 Å². The smallest absolute Gasteiger partial charge is 0.339 e. The van der Waals surface area contributed by atoms with E-state index in [0.717, 1.165) is 24.6 Å². The molecule has 4 nitrogen and oxygen atoms in total. The molecule has 2 rings (SSSR count). The van der Waals surface area contributed by atoms with Crippen molar-refractivity contribution in [1.29, 1.82) is 0 Å². The molecule has 0 saturated carbocycles. The van der Waals surface area contributed by atoms with Crippen molar-refractivity contribution in [3.63, 3.8) is 0 Å². The zero-order valence-corrected chi connectivity index (χ0v) is 10.2.